The first-order valence-corrected chi connectivity index (χ1v) is 10.2. The Morgan fingerprint density at radius 1 is 1.20 bits per heavy atom. The van der Waals surface area contributed by atoms with E-state index in [1.54, 1.807) is 18.3 Å². The van der Waals surface area contributed by atoms with Crippen LogP contribution in [0.2, 0.25) is 0 Å². The summed E-state index contributed by atoms with van der Waals surface area (Å²) in [5.41, 5.74) is 0. The fourth-order valence-electron chi connectivity index (χ4n) is 2.63. The second-order valence-corrected chi connectivity index (χ2v) is 9.04. The van der Waals surface area contributed by atoms with Crippen LogP contribution in [0, 0.1) is 0 Å². The van der Waals surface area contributed by atoms with Gasteiger partial charge in [0.1, 0.15) is 10.0 Å². The van der Waals surface area contributed by atoms with Crippen molar-refractivity contribution in [2.45, 2.75) is 17.7 Å². The van der Waals surface area contributed by atoms with Crippen molar-refractivity contribution in [2.75, 3.05) is 31.1 Å². The smallest absolute Gasteiger partial charge is 0.252 e. The summed E-state index contributed by atoms with van der Waals surface area (Å²) in [7, 11) is -3.49. The minimum absolute atomic E-state index is 0.136. The van der Waals surface area contributed by atoms with Crippen LogP contribution < -0.4 is 10.2 Å². The molecule has 1 aliphatic rings. The predicted octanol–water partition coefficient (Wildman–Crippen LogP) is 1.29. The van der Waals surface area contributed by atoms with E-state index < -0.39 is 10.0 Å². The van der Waals surface area contributed by atoms with Gasteiger partial charge < -0.3 is 10.2 Å². The molecule has 2 aromatic heterocycles. The zero-order chi connectivity index (χ0) is 17.9. The van der Waals surface area contributed by atoms with Crippen molar-refractivity contribution in [1.29, 1.82) is 0 Å². The van der Waals surface area contributed by atoms with Crippen LogP contribution >= 0.6 is 11.3 Å². The Morgan fingerprint density at radius 3 is 2.60 bits per heavy atom. The topological polar surface area (TPSA) is 82.6 Å². The highest BCUT2D eigenvalue weighted by Gasteiger charge is 2.30. The van der Waals surface area contributed by atoms with Crippen molar-refractivity contribution in [2.24, 2.45) is 0 Å². The van der Waals surface area contributed by atoms with Gasteiger partial charge in [0, 0.05) is 44.2 Å². The summed E-state index contributed by atoms with van der Waals surface area (Å²) in [5, 5.41) is 2.68. The molecule has 1 aliphatic heterocycles. The zero-order valence-corrected chi connectivity index (χ0v) is 15.5. The van der Waals surface area contributed by atoms with Crippen LogP contribution in [-0.2, 0) is 21.4 Å². The van der Waals surface area contributed by atoms with Crippen LogP contribution in [0.5, 0.6) is 0 Å². The second kappa shape index (κ2) is 7.51. The van der Waals surface area contributed by atoms with Gasteiger partial charge in [-0.1, -0.05) is 6.07 Å². The first kappa shape index (κ1) is 17.8. The molecule has 0 bridgehead atoms. The van der Waals surface area contributed by atoms with Gasteiger partial charge >= 0.3 is 0 Å². The van der Waals surface area contributed by atoms with Gasteiger partial charge in [-0.2, -0.15) is 4.31 Å². The molecule has 1 saturated heterocycles. The van der Waals surface area contributed by atoms with Gasteiger partial charge in [-0.05, 0) is 24.3 Å². The SMILES string of the molecule is CC(=O)NCc1ccc(S(=O)(=O)N2CCN(c3ccccn3)CC2)s1. The number of nitrogens with zero attached hydrogens (tertiary/aromatic N) is 3. The molecule has 2 aromatic rings. The van der Waals surface area contributed by atoms with Gasteiger partial charge in [0.2, 0.25) is 5.91 Å². The number of carbonyl (C=O) groups excluding carboxylic acids is 1. The second-order valence-electron chi connectivity index (χ2n) is 5.71. The lowest BCUT2D eigenvalue weighted by Gasteiger charge is -2.34. The number of amides is 1. The maximum absolute atomic E-state index is 12.8. The molecule has 1 fully saturated rings. The van der Waals surface area contributed by atoms with Gasteiger partial charge in [-0.25, -0.2) is 13.4 Å². The Hall–Kier alpha value is -1.97. The monoisotopic (exact) mass is 380 g/mol. The van der Waals surface area contributed by atoms with Crippen LogP contribution in [0.25, 0.3) is 0 Å². The number of sulfonamides is 1. The standard InChI is InChI=1S/C16H20N4O3S2/c1-13(21)18-12-14-5-6-16(24-14)25(22,23)20-10-8-19(9-11-20)15-4-2-3-7-17-15/h2-7H,8-12H2,1H3,(H,18,21). The first-order chi connectivity index (χ1) is 12.0. The first-order valence-electron chi connectivity index (χ1n) is 7.96. The molecular formula is C16H20N4O3S2. The average molecular weight is 380 g/mol. The summed E-state index contributed by atoms with van der Waals surface area (Å²) < 4.78 is 27.4. The highest BCUT2D eigenvalue weighted by molar-refractivity contribution is 7.91. The molecule has 0 aromatic carbocycles. The normalized spacial score (nSPS) is 16.0. The fourth-order valence-corrected chi connectivity index (χ4v) is 5.50. The molecule has 134 valence electrons. The maximum Gasteiger partial charge on any atom is 0.252 e. The number of thiophene rings is 1. The number of aromatic nitrogens is 1. The number of hydrogen-bond acceptors (Lipinski definition) is 6. The molecule has 1 N–H and O–H groups in total. The molecule has 0 radical (unpaired) electrons. The predicted molar refractivity (Wildman–Crippen MR) is 97.0 cm³/mol. The number of pyridine rings is 1. The molecule has 0 aliphatic carbocycles. The Labute approximate surface area is 151 Å². The summed E-state index contributed by atoms with van der Waals surface area (Å²) in [4.78, 5) is 18.2. The van der Waals surface area contributed by atoms with E-state index in [-0.39, 0.29) is 5.91 Å². The summed E-state index contributed by atoms with van der Waals surface area (Å²) in [6.07, 6.45) is 1.74. The van der Waals surface area contributed by atoms with Crippen molar-refractivity contribution in [3.63, 3.8) is 0 Å². The van der Waals surface area contributed by atoms with E-state index >= 15 is 0 Å². The zero-order valence-electron chi connectivity index (χ0n) is 13.9. The average Bonchev–Trinajstić information content (AvgIpc) is 3.11. The molecule has 1 amide bonds. The number of hydrogen-bond donors (Lipinski definition) is 1. The number of piperazine rings is 1. The highest BCUT2D eigenvalue weighted by Crippen LogP contribution is 2.26. The summed E-state index contributed by atoms with van der Waals surface area (Å²) in [6.45, 7) is 3.87. The van der Waals surface area contributed by atoms with Gasteiger partial charge in [-0.15, -0.1) is 11.3 Å². The number of carbonyl (C=O) groups is 1. The van der Waals surface area contributed by atoms with Crippen LogP contribution in [0.4, 0.5) is 5.82 Å². The lowest BCUT2D eigenvalue weighted by molar-refractivity contribution is -0.119. The Morgan fingerprint density at radius 2 is 1.96 bits per heavy atom. The Kier molecular flexibility index (Phi) is 5.36. The van der Waals surface area contributed by atoms with Gasteiger partial charge in [-0.3, -0.25) is 4.79 Å². The van der Waals surface area contributed by atoms with E-state index in [9.17, 15) is 13.2 Å². The summed E-state index contributed by atoms with van der Waals surface area (Å²) in [6, 6.07) is 9.07. The van der Waals surface area contributed by atoms with E-state index in [1.807, 2.05) is 18.2 Å². The minimum atomic E-state index is -3.49. The summed E-state index contributed by atoms with van der Waals surface area (Å²) in [5.74, 6) is 0.733. The highest BCUT2D eigenvalue weighted by atomic mass is 32.2. The summed E-state index contributed by atoms with van der Waals surface area (Å²) >= 11 is 1.20. The molecule has 3 rings (SSSR count). The van der Waals surface area contributed by atoms with E-state index in [1.165, 1.54) is 22.6 Å². The van der Waals surface area contributed by atoms with Crippen LogP contribution in [0.15, 0.2) is 40.7 Å². The van der Waals surface area contributed by atoms with Crippen molar-refractivity contribution >= 4 is 33.1 Å². The van der Waals surface area contributed by atoms with Crippen molar-refractivity contribution in [3.8, 4) is 0 Å². The molecule has 0 spiro atoms. The van der Waals surface area contributed by atoms with Gasteiger partial charge in [0.05, 0.1) is 6.54 Å². The number of nitrogens with one attached hydrogen (secondary N) is 1. The Bertz CT molecular complexity index is 828. The van der Waals surface area contributed by atoms with Crippen molar-refractivity contribution in [1.82, 2.24) is 14.6 Å². The van der Waals surface area contributed by atoms with Crippen LogP contribution in [-0.4, -0.2) is 49.8 Å². The van der Waals surface area contributed by atoms with E-state index in [0.717, 1.165) is 10.7 Å². The lowest BCUT2D eigenvalue weighted by atomic mass is 10.3. The van der Waals surface area contributed by atoms with E-state index in [0.29, 0.717) is 36.9 Å². The third-order valence-electron chi connectivity index (χ3n) is 3.95. The number of anilines is 1. The molecule has 0 atom stereocenters. The largest absolute Gasteiger partial charge is 0.354 e. The van der Waals surface area contributed by atoms with Crippen molar-refractivity contribution < 1.29 is 13.2 Å². The molecule has 9 heteroatoms. The van der Waals surface area contributed by atoms with Gasteiger partial charge in [0.25, 0.3) is 10.0 Å². The third kappa shape index (κ3) is 4.17. The molecule has 3 heterocycles. The fraction of sp³-hybridized carbons (Fsp3) is 0.375. The Balaban J connectivity index is 1.65. The quantitative estimate of drug-likeness (QED) is 0.845. The molecule has 25 heavy (non-hydrogen) atoms. The molecular weight excluding hydrogens is 360 g/mol. The van der Waals surface area contributed by atoms with Crippen LogP contribution in [0.1, 0.15) is 11.8 Å². The molecule has 0 saturated carbocycles. The van der Waals surface area contributed by atoms with Gasteiger partial charge in [0.15, 0.2) is 0 Å². The minimum Gasteiger partial charge on any atom is -0.354 e. The van der Waals surface area contributed by atoms with E-state index in [2.05, 4.69) is 15.2 Å². The molecule has 0 unspecified atom stereocenters. The van der Waals surface area contributed by atoms with E-state index in [4.69, 9.17) is 0 Å². The molecule has 7 nitrogen and oxygen atoms in total. The third-order valence-corrected chi connectivity index (χ3v) is 7.41. The van der Waals surface area contributed by atoms with Crippen LogP contribution in [0.3, 0.4) is 0 Å². The lowest BCUT2D eigenvalue weighted by Crippen LogP contribution is -2.48. The maximum atomic E-state index is 12.8. The number of rotatable bonds is 5. The van der Waals surface area contributed by atoms with Crippen molar-refractivity contribution in [3.05, 3.63) is 41.4 Å².